The number of carbonyl (C=O) groups is 2. The summed E-state index contributed by atoms with van der Waals surface area (Å²) in [5.74, 6) is 2.45. The Kier molecular flexibility index (Phi) is 14.3. The predicted octanol–water partition coefficient (Wildman–Crippen LogP) is 9.31. The van der Waals surface area contributed by atoms with Crippen LogP contribution in [0.1, 0.15) is 168 Å². The summed E-state index contributed by atoms with van der Waals surface area (Å²) in [7, 11) is 0. The number of unbranched alkanes of at least 4 members (excludes halogenated alkanes) is 10. The van der Waals surface area contributed by atoms with E-state index in [1.807, 2.05) is 0 Å². The van der Waals surface area contributed by atoms with Gasteiger partial charge in [0.05, 0.1) is 11.2 Å². The van der Waals surface area contributed by atoms with Crippen molar-refractivity contribution in [2.45, 2.75) is 179 Å². The number of ketones is 2. The Morgan fingerprint density at radius 1 is 0.553 bits per heavy atom. The molecule has 0 aromatic heterocycles. The average molecular weight is 533 g/mol. The summed E-state index contributed by atoms with van der Waals surface area (Å²) in [5.41, 5.74) is 0.0900. The quantitative estimate of drug-likeness (QED) is 0.116. The lowest BCUT2D eigenvalue weighted by atomic mass is 9.52. The molecule has 0 unspecified atom stereocenters. The summed E-state index contributed by atoms with van der Waals surface area (Å²) in [5, 5.41) is 0. The molecular weight excluding hydrogens is 472 g/mol. The molecule has 38 heavy (non-hydrogen) atoms. The van der Waals surface area contributed by atoms with Crippen molar-refractivity contribution in [1.29, 1.82) is 0 Å². The van der Waals surface area contributed by atoms with Crippen LogP contribution in [0.2, 0.25) is 0 Å². The summed E-state index contributed by atoms with van der Waals surface area (Å²) in [6.45, 7) is 6.11. The van der Waals surface area contributed by atoms with Gasteiger partial charge >= 0.3 is 0 Å². The third-order valence-electron chi connectivity index (χ3n) is 9.59. The molecule has 0 amide bonds. The Hall–Kier alpha value is -0.740. The fourth-order valence-electron chi connectivity index (χ4n) is 7.96. The van der Waals surface area contributed by atoms with E-state index in [4.69, 9.17) is 9.47 Å². The molecule has 4 nitrogen and oxygen atoms in total. The van der Waals surface area contributed by atoms with Crippen LogP contribution in [0.3, 0.4) is 0 Å². The highest BCUT2D eigenvalue weighted by Crippen LogP contribution is 2.60. The SMILES string of the molecule is CCCCCCC(=O)CCCCCOC12CC3CC(C1)CC(OCCCCCC(=O)CCCCCC)(C3)C2. The summed E-state index contributed by atoms with van der Waals surface area (Å²) in [4.78, 5) is 24.2. The van der Waals surface area contributed by atoms with Gasteiger partial charge in [0.1, 0.15) is 11.6 Å². The van der Waals surface area contributed by atoms with Crippen LogP contribution in [0.15, 0.2) is 0 Å². The van der Waals surface area contributed by atoms with Gasteiger partial charge in [-0.25, -0.2) is 0 Å². The van der Waals surface area contributed by atoms with Crippen LogP contribution in [0.5, 0.6) is 0 Å². The first-order chi connectivity index (χ1) is 18.5. The van der Waals surface area contributed by atoms with Crippen LogP contribution in [0.25, 0.3) is 0 Å². The lowest BCUT2D eigenvalue weighted by molar-refractivity contribution is -0.237. The maximum Gasteiger partial charge on any atom is 0.132 e. The Morgan fingerprint density at radius 3 is 1.29 bits per heavy atom. The van der Waals surface area contributed by atoms with Gasteiger partial charge in [-0.3, -0.25) is 9.59 Å². The molecule has 0 saturated heterocycles. The molecule has 4 bridgehead atoms. The van der Waals surface area contributed by atoms with Gasteiger partial charge in [-0.2, -0.15) is 0 Å². The second-order valence-corrected chi connectivity index (χ2v) is 13.3. The predicted molar refractivity (Wildman–Crippen MR) is 157 cm³/mol. The zero-order valence-corrected chi connectivity index (χ0v) is 25.2. The van der Waals surface area contributed by atoms with Crippen molar-refractivity contribution >= 4 is 11.6 Å². The molecule has 0 radical (unpaired) electrons. The van der Waals surface area contributed by atoms with E-state index < -0.39 is 0 Å². The topological polar surface area (TPSA) is 52.6 Å². The molecule has 220 valence electrons. The van der Waals surface area contributed by atoms with E-state index in [1.165, 1.54) is 70.6 Å². The van der Waals surface area contributed by atoms with Gasteiger partial charge in [-0.1, -0.05) is 65.2 Å². The minimum absolute atomic E-state index is 0.0450. The van der Waals surface area contributed by atoms with Gasteiger partial charge in [-0.15, -0.1) is 0 Å². The van der Waals surface area contributed by atoms with Gasteiger partial charge in [0, 0.05) is 45.3 Å². The molecule has 4 heteroatoms. The van der Waals surface area contributed by atoms with E-state index in [1.54, 1.807) is 0 Å². The largest absolute Gasteiger partial charge is 0.375 e. The Bertz CT molecular complexity index is 618. The zero-order valence-electron chi connectivity index (χ0n) is 25.2. The molecule has 4 saturated carbocycles. The first-order valence-corrected chi connectivity index (χ1v) is 16.8. The fraction of sp³-hybridized carbons (Fsp3) is 0.941. The van der Waals surface area contributed by atoms with Gasteiger partial charge in [-0.05, 0) is 82.5 Å². The van der Waals surface area contributed by atoms with Gasteiger partial charge in [0.2, 0.25) is 0 Å². The van der Waals surface area contributed by atoms with Crippen LogP contribution < -0.4 is 0 Å². The monoisotopic (exact) mass is 532 g/mol. The number of rotatable bonds is 24. The van der Waals surface area contributed by atoms with Crippen molar-refractivity contribution in [3.8, 4) is 0 Å². The number of hydrogen-bond acceptors (Lipinski definition) is 4. The van der Waals surface area contributed by atoms with Crippen molar-refractivity contribution in [2.24, 2.45) is 11.8 Å². The Balaban J connectivity index is 1.27. The molecule has 4 aliphatic rings. The molecule has 0 aliphatic heterocycles. The van der Waals surface area contributed by atoms with Crippen LogP contribution in [-0.4, -0.2) is 36.0 Å². The van der Waals surface area contributed by atoms with Crippen molar-refractivity contribution in [1.82, 2.24) is 0 Å². The van der Waals surface area contributed by atoms with Crippen molar-refractivity contribution in [3.63, 3.8) is 0 Å². The summed E-state index contributed by atoms with van der Waals surface area (Å²) in [6.07, 6.45) is 26.3. The maximum absolute atomic E-state index is 12.1. The van der Waals surface area contributed by atoms with E-state index >= 15 is 0 Å². The van der Waals surface area contributed by atoms with Crippen molar-refractivity contribution in [3.05, 3.63) is 0 Å². The molecule has 4 aliphatic carbocycles. The minimum Gasteiger partial charge on any atom is -0.375 e. The van der Waals surface area contributed by atoms with Crippen LogP contribution >= 0.6 is 0 Å². The molecule has 0 N–H and O–H groups in total. The highest BCUT2D eigenvalue weighted by atomic mass is 16.5. The van der Waals surface area contributed by atoms with E-state index in [0.29, 0.717) is 11.6 Å². The molecule has 0 aromatic carbocycles. The highest BCUT2D eigenvalue weighted by molar-refractivity contribution is 5.78. The third kappa shape index (κ3) is 11.0. The molecule has 4 fully saturated rings. The van der Waals surface area contributed by atoms with E-state index in [2.05, 4.69) is 13.8 Å². The number of carbonyl (C=O) groups excluding carboxylic acids is 2. The zero-order chi connectivity index (χ0) is 27.1. The molecule has 0 aromatic rings. The van der Waals surface area contributed by atoms with E-state index in [9.17, 15) is 9.59 Å². The summed E-state index contributed by atoms with van der Waals surface area (Å²) < 4.78 is 13.4. The van der Waals surface area contributed by atoms with E-state index in [-0.39, 0.29) is 11.2 Å². The fourth-order valence-corrected chi connectivity index (χ4v) is 7.96. The van der Waals surface area contributed by atoms with Crippen LogP contribution in [0.4, 0.5) is 0 Å². The second-order valence-electron chi connectivity index (χ2n) is 13.3. The Morgan fingerprint density at radius 2 is 0.921 bits per heavy atom. The van der Waals surface area contributed by atoms with Crippen molar-refractivity contribution in [2.75, 3.05) is 13.2 Å². The highest BCUT2D eigenvalue weighted by Gasteiger charge is 2.59. The average Bonchev–Trinajstić information content (AvgIpc) is 2.88. The number of ether oxygens (including phenoxy) is 2. The normalized spacial score (nSPS) is 27.7. The molecule has 4 rings (SSSR count). The molecule has 0 heterocycles. The second kappa shape index (κ2) is 17.2. The van der Waals surface area contributed by atoms with E-state index in [0.717, 1.165) is 109 Å². The van der Waals surface area contributed by atoms with Gasteiger partial charge in [0.15, 0.2) is 0 Å². The van der Waals surface area contributed by atoms with Crippen LogP contribution in [0, 0.1) is 11.8 Å². The summed E-state index contributed by atoms with van der Waals surface area (Å²) in [6, 6.07) is 0. The van der Waals surface area contributed by atoms with Crippen LogP contribution in [-0.2, 0) is 19.1 Å². The van der Waals surface area contributed by atoms with Gasteiger partial charge in [0.25, 0.3) is 0 Å². The first-order valence-electron chi connectivity index (χ1n) is 16.8. The minimum atomic E-state index is 0.0450. The summed E-state index contributed by atoms with van der Waals surface area (Å²) >= 11 is 0. The Labute approximate surface area is 234 Å². The van der Waals surface area contributed by atoms with Gasteiger partial charge < -0.3 is 9.47 Å². The molecule has 0 atom stereocenters. The lowest BCUT2D eigenvalue weighted by Gasteiger charge is -2.61. The number of Topliss-reactive ketones (excluding diaryl/α,β-unsaturated/α-hetero) is 2. The standard InChI is InChI=1S/C34H60O4/c1-3-5-7-11-17-31(35)19-13-9-15-21-37-33-24-29-23-30(25-33)27-34(26-29,28-33)38-22-16-10-14-20-32(36)18-12-8-6-4-2/h29-30H,3-28H2,1-2H3. The maximum atomic E-state index is 12.1. The molecule has 0 spiro atoms. The number of hydrogen-bond donors (Lipinski definition) is 0. The molecular formula is C34H60O4. The lowest BCUT2D eigenvalue weighted by Crippen LogP contribution is -2.61. The first kappa shape index (κ1) is 31.8. The third-order valence-corrected chi connectivity index (χ3v) is 9.59. The smallest absolute Gasteiger partial charge is 0.132 e. The van der Waals surface area contributed by atoms with Crippen molar-refractivity contribution < 1.29 is 19.1 Å².